The zero-order valence-electron chi connectivity index (χ0n) is 29.7. The number of allylic oxidation sites excluding steroid dienone is 4. The fraction of sp³-hybridized carbons (Fsp3) is 0.0385. The molecule has 0 spiro atoms. The Morgan fingerprint density at radius 1 is 0.389 bits per heavy atom. The number of hydrogen-bond acceptors (Lipinski definition) is 0. The van der Waals surface area contributed by atoms with Gasteiger partial charge in [-0.3, -0.25) is 0 Å². The van der Waals surface area contributed by atoms with E-state index in [1.807, 2.05) is 0 Å². The van der Waals surface area contributed by atoms with E-state index < -0.39 is 0 Å². The van der Waals surface area contributed by atoms with E-state index in [0.717, 1.165) is 6.42 Å². The summed E-state index contributed by atoms with van der Waals surface area (Å²) in [6.07, 6.45) is 9.91. The highest BCUT2D eigenvalue weighted by Gasteiger charge is 2.17. The van der Waals surface area contributed by atoms with E-state index in [1.165, 1.54) is 93.6 Å². The molecule has 10 aromatic rings. The quantitative estimate of drug-likeness (QED) is 0.170. The van der Waals surface area contributed by atoms with Crippen LogP contribution < -0.4 is 0 Å². The first-order valence-corrected chi connectivity index (χ1v) is 18.9. The van der Waals surface area contributed by atoms with E-state index in [2.05, 4.69) is 209 Å². The van der Waals surface area contributed by atoms with E-state index in [1.54, 1.807) is 0 Å². The van der Waals surface area contributed by atoms with Gasteiger partial charge in [-0.2, -0.15) is 0 Å². The lowest BCUT2D eigenvalue weighted by Gasteiger charge is -2.14. The molecule has 2 heterocycles. The number of aromatic nitrogens is 2. The van der Waals surface area contributed by atoms with Crippen LogP contribution in [0.2, 0.25) is 0 Å². The van der Waals surface area contributed by atoms with Crippen LogP contribution in [0.1, 0.15) is 17.9 Å². The number of fused-ring (bicyclic) bond motifs is 7. The van der Waals surface area contributed by atoms with E-state index >= 15 is 0 Å². The number of hydrogen-bond donors (Lipinski definition) is 0. The third-order valence-corrected chi connectivity index (χ3v) is 11.4. The molecule has 11 rings (SSSR count). The average Bonchev–Trinajstić information content (AvgIpc) is 3.76. The summed E-state index contributed by atoms with van der Waals surface area (Å²) in [7, 11) is 0. The SMILES string of the molecule is C1=CCC(c2ccc(-c3cccc(-n4c5ccccc5c5cc(-c6ccc7c(c6)c6ccccc6n7-c6cccc7ccccc67)ccc54)c3)cc2)C=C1. The molecule has 0 fully saturated rings. The van der Waals surface area contributed by atoms with Crippen molar-refractivity contribution < 1.29 is 0 Å². The molecular weight excluding hydrogens is 653 g/mol. The maximum atomic E-state index is 2.43. The highest BCUT2D eigenvalue weighted by molar-refractivity contribution is 6.13. The standard InChI is InChI=1S/C52H36N2/c1-2-12-35(13-3-1)36-24-26-37(27-25-36)39-16-10-17-42(32-39)53-49-21-8-6-19-44(49)46-33-40(28-30-51(46)53)41-29-31-52-47(34-41)45-20-7-9-22-50(45)54(52)48-23-11-15-38-14-4-5-18-43(38)48/h1-12,14-35H,13H2. The van der Waals surface area contributed by atoms with Crippen LogP contribution >= 0.6 is 0 Å². The summed E-state index contributed by atoms with van der Waals surface area (Å²) in [5.41, 5.74) is 13.5. The molecule has 1 aliphatic carbocycles. The highest BCUT2D eigenvalue weighted by Crippen LogP contribution is 2.39. The van der Waals surface area contributed by atoms with Gasteiger partial charge >= 0.3 is 0 Å². The molecule has 0 saturated heterocycles. The van der Waals surface area contributed by atoms with Gasteiger partial charge in [0.1, 0.15) is 0 Å². The Bertz CT molecular complexity index is 3130. The van der Waals surface area contributed by atoms with Crippen LogP contribution in [0.5, 0.6) is 0 Å². The monoisotopic (exact) mass is 688 g/mol. The van der Waals surface area contributed by atoms with Crippen molar-refractivity contribution >= 4 is 54.4 Å². The molecule has 0 radical (unpaired) electrons. The minimum Gasteiger partial charge on any atom is -0.309 e. The van der Waals surface area contributed by atoms with Gasteiger partial charge in [-0.1, -0.05) is 146 Å². The van der Waals surface area contributed by atoms with Crippen LogP contribution in [-0.4, -0.2) is 9.13 Å². The summed E-state index contributed by atoms with van der Waals surface area (Å²) in [5.74, 6) is 0.454. The van der Waals surface area contributed by atoms with E-state index in [9.17, 15) is 0 Å². The van der Waals surface area contributed by atoms with Crippen molar-refractivity contribution in [1.29, 1.82) is 0 Å². The van der Waals surface area contributed by atoms with Crippen molar-refractivity contribution in [2.24, 2.45) is 0 Å². The Balaban J connectivity index is 1.02. The van der Waals surface area contributed by atoms with Crippen molar-refractivity contribution in [2.75, 3.05) is 0 Å². The zero-order valence-corrected chi connectivity index (χ0v) is 29.7. The summed E-state index contributed by atoms with van der Waals surface area (Å²) in [5, 5.41) is 7.53. The molecule has 2 aromatic heterocycles. The molecule has 1 unspecified atom stereocenters. The van der Waals surface area contributed by atoms with Crippen molar-refractivity contribution in [3.05, 3.63) is 206 Å². The van der Waals surface area contributed by atoms with Crippen LogP contribution in [-0.2, 0) is 0 Å². The Hall–Kier alpha value is -6.90. The molecule has 1 aliphatic rings. The predicted molar refractivity (Wildman–Crippen MR) is 229 cm³/mol. The lowest BCUT2D eigenvalue weighted by molar-refractivity contribution is 0.854. The molecule has 0 aliphatic heterocycles. The van der Waals surface area contributed by atoms with Crippen LogP contribution in [0.25, 0.3) is 88.0 Å². The van der Waals surface area contributed by atoms with Crippen LogP contribution in [0.15, 0.2) is 200 Å². The smallest absolute Gasteiger partial charge is 0.0541 e. The first kappa shape index (κ1) is 30.7. The lowest BCUT2D eigenvalue weighted by atomic mass is 9.91. The van der Waals surface area contributed by atoms with E-state index in [4.69, 9.17) is 0 Å². The van der Waals surface area contributed by atoms with Crippen molar-refractivity contribution in [2.45, 2.75) is 12.3 Å². The van der Waals surface area contributed by atoms with Gasteiger partial charge in [0, 0.05) is 38.5 Å². The molecule has 254 valence electrons. The molecule has 54 heavy (non-hydrogen) atoms. The normalized spacial score (nSPS) is 14.3. The molecule has 0 amide bonds. The second-order valence-electron chi connectivity index (χ2n) is 14.5. The fourth-order valence-corrected chi connectivity index (χ4v) is 8.82. The average molecular weight is 689 g/mol. The molecule has 0 bridgehead atoms. The predicted octanol–water partition coefficient (Wildman–Crippen LogP) is 14.0. The molecule has 2 nitrogen and oxygen atoms in total. The van der Waals surface area contributed by atoms with Gasteiger partial charge in [0.15, 0.2) is 0 Å². The topological polar surface area (TPSA) is 9.86 Å². The molecule has 8 aromatic carbocycles. The van der Waals surface area contributed by atoms with Gasteiger partial charge in [0.25, 0.3) is 0 Å². The summed E-state index contributed by atoms with van der Waals surface area (Å²) < 4.78 is 4.86. The summed E-state index contributed by atoms with van der Waals surface area (Å²) in [6.45, 7) is 0. The van der Waals surface area contributed by atoms with Crippen LogP contribution in [0.4, 0.5) is 0 Å². The number of benzene rings is 8. The second kappa shape index (κ2) is 12.4. The first-order valence-electron chi connectivity index (χ1n) is 18.9. The largest absolute Gasteiger partial charge is 0.309 e. The number of para-hydroxylation sites is 2. The third-order valence-electron chi connectivity index (χ3n) is 11.4. The molecule has 2 heteroatoms. The molecule has 0 saturated carbocycles. The summed E-state index contributed by atoms with van der Waals surface area (Å²) in [6, 6.07) is 64.9. The maximum absolute atomic E-state index is 2.43. The van der Waals surface area contributed by atoms with E-state index in [0.29, 0.717) is 5.92 Å². The minimum absolute atomic E-state index is 0.454. The highest BCUT2D eigenvalue weighted by atomic mass is 15.0. The van der Waals surface area contributed by atoms with Gasteiger partial charge in [0.05, 0.1) is 27.8 Å². The maximum Gasteiger partial charge on any atom is 0.0541 e. The van der Waals surface area contributed by atoms with Crippen molar-refractivity contribution in [1.82, 2.24) is 9.13 Å². The van der Waals surface area contributed by atoms with Gasteiger partial charge in [-0.25, -0.2) is 0 Å². The Morgan fingerprint density at radius 3 is 1.69 bits per heavy atom. The zero-order chi connectivity index (χ0) is 35.6. The van der Waals surface area contributed by atoms with Gasteiger partial charge < -0.3 is 9.13 Å². The van der Waals surface area contributed by atoms with Gasteiger partial charge in [-0.05, 0) is 94.2 Å². The third kappa shape index (κ3) is 4.88. The van der Waals surface area contributed by atoms with Crippen molar-refractivity contribution in [3.8, 4) is 33.6 Å². The number of rotatable bonds is 5. The fourth-order valence-electron chi connectivity index (χ4n) is 8.82. The van der Waals surface area contributed by atoms with E-state index in [-0.39, 0.29) is 0 Å². The summed E-state index contributed by atoms with van der Waals surface area (Å²) in [4.78, 5) is 0. The Labute approximate surface area is 314 Å². The number of nitrogens with zero attached hydrogens (tertiary/aromatic N) is 2. The minimum atomic E-state index is 0.454. The van der Waals surface area contributed by atoms with Gasteiger partial charge in [-0.15, -0.1) is 0 Å². The Kier molecular flexibility index (Phi) is 7.03. The molecule has 1 atom stereocenters. The molecular formula is C52H36N2. The summed E-state index contributed by atoms with van der Waals surface area (Å²) >= 11 is 0. The molecule has 0 N–H and O–H groups in total. The van der Waals surface area contributed by atoms with Crippen LogP contribution in [0.3, 0.4) is 0 Å². The van der Waals surface area contributed by atoms with Crippen LogP contribution in [0, 0.1) is 0 Å². The van der Waals surface area contributed by atoms with Crippen molar-refractivity contribution in [3.63, 3.8) is 0 Å². The second-order valence-corrected chi connectivity index (χ2v) is 14.5. The van der Waals surface area contributed by atoms with Gasteiger partial charge in [0.2, 0.25) is 0 Å². The lowest BCUT2D eigenvalue weighted by Crippen LogP contribution is -1.96. The Morgan fingerprint density at radius 2 is 0.963 bits per heavy atom. The first-order chi connectivity index (χ1) is 26.8.